The summed E-state index contributed by atoms with van der Waals surface area (Å²) < 4.78 is 16.3. The molecule has 1 aromatic rings. The van der Waals surface area contributed by atoms with Crippen LogP contribution in [0.15, 0.2) is 30.3 Å². The molecule has 2 aliphatic rings. The van der Waals surface area contributed by atoms with Crippen LogP contribution in [0, 0.1) is 0 Å². The van der Waals surface area contributed by atoms with Crippen molar-refractivity contribution in [3.05, 3.63) is 35.9 Å². The monoisotopic (exact) mass is 268 g/mol. The molecule has 0 spiro atoms. The van der Waals surface area contributed by atoms with Gasteiger partial charge < -0.3 is 29.5 Å². The van der Waals surface area contributed by atoms with Gasteiger partial charge in [0.1, 0.15) is 24.4 Å². The minimum absolute atomic E-state index is 0.186. The second-order valence-corrected chi connectivity index (χ2v) is 4.72. The summed E-state index contributed by atoms with van der Waals surface area (Å²) in [5.74, 6) is 0. The lowest BCUT2D eigenvalue weighted by Crippen LogP contribution is -2.61. The van der Waals surface area contributed by atoms with Gasteiger partial charge in [0.05, 0.1) is 6.61 Å². The van der Waals surface area contributed by atoms with E-state index in [1.54, 1.807) is 0 Å². The van der Waals surface area contributed by atoms with E-state index in [-0.39, 0.29) is 6.61 Å². The Morgan fingerprint density at radius 1 is 0.947 bits per heavy atom. The number of rotatable bonds is 1. The Bertz CT molecular complexity index is 422. The van der Waals surface area contributed by atoms with Crippen molar-refractivity contribution < 1.29 is 29.5 Å². The summed E-state index contributed by atoms with van der Waals surface area (Å²) in [7, 11) is 0. The Morgan fingerprint density at radius 2 is 1.68 bits per heavy atom. The van der Waals surface area contributed by atoms with Gasteiger partial charge in [-0.15, -0.1) is 0 Å². The average Bonchev–Trinajstić information content (AvgIpc) is 2.46. The Morgan fingerprint density at radius 3 is 2.42 bits per heavy atom. The van der Waals surface area contributed by atoms with Crippen LogP contribution < -0.4 is 0 Å². The highest BCUT2D eigenvalue weighted by Crippen LogP contribution is 2.33. The van der Waals surface area contributed by atoms with Crippen LogP contribution in [0.5, 0.6) is 0 Å². The first-order chi connectivity index (χ1) is 9.16. The van der Waals surface area contributed by atoms with Crippen LogP contribution in [0.3, 0.4) is 0 Å². The molecule has 2 aliphatic heterocycles. The first-order valence-corrected chi connectivity index (χ1v) is 6.18. The van der Waals surface area contributed by atoms with E-state index in [0.717, 1.165) is 5.56 Å². The van der Waals surface area contributed by atoms with Crippen molar-refractivity contribution in [2.45, 2.75) is 37.0 Å². The number of hydrogen-bond acceptors (Lipinski definition) is 6. The number of aliphatic hydroxyl groups excluding tert-OH is 3. The molecule has 0 amide bonds. The Kier molecular flexibility index (Phi) is 3.53. The van der Waals surface area contributed by atoms with E-state index >= 15 is 0 Å². The van der Waals surface area contributed by atoms with Crippen LogP contribution in [0.4, 0.5) is 0 Å². The van der Waals surface area contributed by atoms with Crippen molar-refractivity contribution in [3.63, 3.8) is 0 Å². The molecule has 6 heteroatoms. The van der Waals surface area contributed by atoms with Gasteiger partial charge >= 0.3 is 0 Å². The van der Waals surface area contributed by atoms with Crippen molar-refractivity contribution in [2.24, 2.45) is 0 Å². The summed E-state index contributed by atoms with van der Waals surface area (Å²) in [6, 6.07) is 9.31. The van der Waals surface area contributed by atoms with Gasteiger partial charge in [0.15, 0.2) is 12.6 Å². The fourth-order valence-corrected chi connectivity index (χ4v) is 2.37. The quantitative estimate of drug-likeness (QED) is 0.639. The molecule has 1 unspecified atom stereocenters. The molecular formula is C13H16O6. The lowest BCUT2D eigenvalue weighted by molar-refractivity contribution is -0.354. The van der Waals surface area contributed by atoms with E-state index in [9.17, 15) is 15.3 Å². The van der Waals surface area contributed by atoms with Gasteiger partial charge in [-0.1, -0.05) is 30.3 Å². The minimum Gasteiger partial charge on any atom is -0.387 e. The first kappa shape index (κ1) is 13.0. The number of fused-ring (bicyclic) bond motifs is 1. The zero-order chi connectivity index (χ0) is 13.4. The van der Waals surface area contributed by atoms with Gasteiger partial charge in [-0.05, 0) is 0 Å². The largest absolute Gasteiger partial charge is 0.387 e. The molecule has 3 rings (SSSR count). The first-order valence-electron chi connectivity index (χ1n) is 6.18. The predicted octanol–water partition coefficient (Wildman–Crippen LogP) is -0.460. The van der Waals surface area contributed by atoms with Gasteiger partial charge in [-0.3, -0.25) is 0 Å². The van der Waals surface area contributed by atoms with E-state index < -0.39 is 37.0 Å². The zero-order valence-electron chi connectivity index (χ0n) is 10.1. The van der Waals surface area contributed by atoms with E-state index in [1.807, 2.05) is 30.3 Å². The van der Waals surface area contributed by atoms with Gasteiger partial charge in [0.2, 0.25) is 0 Å². The van der Waals surface area contributed by atoms with Gasteiger partial charge in [-0.2, -0.15) is 0 Å². The van der Waals surface area contributed by atoms with Crippen molar-refractivity contribution in [3.8, 4) is 0 Å². The highest BCUT2D eigenvalue weighted by Gasteiger charge is 2.48. The van der Waals surface area contributed by atoms with Gasteiger partial charge in [0.25, 0.3) is 0 Å². The van der Waals surface area contributed by atoms with Crippen LogP contribution in [-0.2, 0) is 14.2 Å². The smallest absolute Gasteiger partial charge is 0.184 e. The third-order valence-electron chi connectivity index (χ3n) is 3.42. The molecule has 3 N–H and O–H groups in total. The fraction of sp³-hybridized carbons (Fsp3) is 0.538. The van der Waals surface area contributed by atoms with Crippen LogP contribution in [-0.4, -0.2) is 52.6 Å². The van der Waals surface area contributed by atoms with E-state index in [0.29, 0.717) is 0 Å². The third-order valence-corrected chi connectivity index (χ3v) is 3.42. The summed E-state index contributed by atoms with van der Waals surface area (Å²) in [4.78, 5) is 0. The summed E-state index contributed by atoms with van der Waals surface area (Å²) in [5, 5.41) is 29.0. The molecule has 6 nitrogen and oxygen atoms in total. The van der Waals surface area contributed by atoms with E-state index in [1.165, 1.54) is 0 Å². The Hall–Kier alpha value is -1.02. The van der Waals surface area contributed by atoms with E-state index in [2.05, 4.69) is 0 Å². The Balaban J connectivity index is 1.75. The van der Waals surface area contributed by atoms with Crippen molar-refractivity contribution in [2.75, 3.05) is 6.61 Å². The van der Waals surface area contributed by atoms with E-state index in [4.69, 9.17) is 14.2 Å². The highest BCUT2D eigenvalue weighted by atomic mass is 16.7. The normalized spacial score (nSPS) is 42.7. The van der Waals surface area contributed by atoms with Gasteiger partial charge in [-0.25, -0.2) is 0 Å². The molecule has 2 fully saturated rings. The fourth-order valence-electron chi connectivity index (χ4n) is 2.37. The maximum Gasteiger partial charge on any atom is 0.184 e. The molecular weight excluding hydrogens is 252 g/mol. The highest BCUT2D eigenvalue weighted by molar-refractivity contribution is 5.16. The lowest BCUT2D eigenvalue weighted by Gasteiger charge is -2.45. The number of ether oxygens (including phenoxy) is 3. The third kappa shape index (κ3) is 2.38. The van der Waals surface area contributed by atoms with Crippen LogP contribution >= 0.6 is 0 Å². The molecule has 0 aromatic heterocycles. The maximum atomic E-state index is 9.94. The molecule has 2 saturated heterocycles. The standard InChI is InChI=1S/C13H16O6/c14-9-10(15)12(16)18-8-6-17-13(19-11(8)9)7-4-2-1-3-5-7/h1-5,8-16H,6H2/t8-,9+,10-,11-,12+,13?/m1/s1. The topological polar surface area (TPSA) is 88.4 Å². The van der Waals surface area contributed by atoms with Crippen molar-refractivity contribution in [1.82, 2.24) is 0 Å². The predicted molar refractivity (Wildman–Crippen MR) is 62.9 cm³/mol. The van der Waals surface area contributed by atoms with Crippen molar-refractivity contribution in [1.29, 1.82) is 0 Å². The molecule has 0 bridgehead atoms. The zero-order valence-corrected chi connectivity index (χ0v) is 10.1. The Labute approximate surface area is 110 Å². The lowest BCUT2D eigenvalue weighted by atomic mass is 9.98. The van der Waals surface area contributed by atoms with Crippen LogP contribution in [0.2, 0.25) is 0 Å². The van der Waals surface area contributed by atoms with Crippen LogP contribution in [0.1, 0.15) is 11.9 Å². The summed E-state index contributed by atoms with van der Waals surface area (Å²) in [6.45, 7) is 0.186. The molecule has 2 heterocycles. The van der Waals surface area contributed by atoms with Crippen LogP contribution in [0.25, 0.3) is 0 Å². The second kappa shape index (κ2) is 5.16. The SMILES string of the molecule is O[C@@H]1[C@H](O)[C@@H]2OC(c3ccccc3)OC[C@H]2O[C@@H]1O. The molecule has 104 valence electrons. The number of aliphatic hydroxyl groups is 3. The molecule has 0 radical (unpaired) electrons. The minimum atomic E-state index is -1.42. The number of hydrogen-bond donors (Lipinski definition) is 3. The average molecular weight is 268 g/mol. The maximum absolute atomic E-state index is 9.94. The number of benzene rings is 1. The second-order valence-electron chi connectivity index (χ2n) is 4.72. The van der Waals surface area contributed by atoms with Gasteiger partial charge in [0, 0.05) is 5.56 Å². The molecule has 6 atom stereocenters. The summed E-state index contributed by atoms with van der Waals surface area (Å²) in [5.41, 5.74) is 0.828. The summed E-state index contributed by atoms with van der Waals surface area (Å²) >= 11 is 0. The molecule has 19 heavy (non-hydrogen) atoms. The molecule has 0 aliphatic carbocycles. The summed E-state index contributed by atoms with van der Waals surface area (Å²) in [6.07, 6.45) is -5.93. The molecule has 0 saturated carbocycles. The molecule has 1 aromatic carbocycles. The van der Waals surface area contributed by atoms with Crippen molar-refractivity contribution >= 4 is 0 Å².